The van der Waals surface area contributed by atoms with Gasteiger partial charge < -0.3 is 29.6 Å². The lowest BCUT2D eigenvalue weighted by atomic mass is 9.85. The van der Waals surface area contributed by atoms with Crippen LogP contribution in [0, 0.1) is 0 Å². The fraction of sp³-hybridized carbons (Fsp3) is 0.167. The number of nitrogens with zero attached hydrogens (tertiary/aromatic N) is 1. The standard InChI is InChI=1S/C12H8ClNO3.C8H4ClNO2.C3H4O2.CH4O/c1-14-10-8(3-2-4-9(10)13)12(11(14)16)7(5-15)6-17-12;9-5-3-1-2-4-6(5)10-8(12)7(4)11;4-2-1-3-5;1-2/h2-6H,1H3;1-3H,(H,10,11,12);2-3H,1H2;2H,1H3/t12-;;;/m0.../s1. The molecular weight excluding hydrogens is 515 g/mol. The van der Waals surface area contributed by atoms with Crippen molar-refractivity contribution in [2.75, 3.05) is 24.4 Å². The number of nitrogens with one attached hydrogen (secondary N) is 1. The number of rotatable bonds is 3. The van der Waals surface area contributed by atoms with Gasteiger partial charge >= 0.3 is 0 Å². The molecule has 0 aromatic heterocycles. The molecule has 12 heteroatoms. The molecule has 188 valence electrons. The number of aldehydes is 3. The summed E-state index contributed by atoms with van der Waals surface area (Å²) in [6.07, 6.45) is 3.10. The molecular formula is C24H20Cl2N2O8. The fourth-order valence-corrected chi connectivity index (χ4v) is 4.04. The maximum Gasteiger partial charge on any atom is 0.296 e. The van der Waals surface area contributed by atoms with Crippen molar-refractivity contribution in [3.05, 3.63) is 69.4 Å². The number of halogens is 2. The number of aliphatic hydroxyl groups is 1. The van der Waals surface area contributed by atoms with Crippen molar-refractivity contribution in [2.24, 2.45) is 0 Å². The molecule has 3 aliphatic heterocycles. The van der Waals surface area contributed by atoms with E-state index in [1.165, 1.54) is 11.2 Å². The van der Waals surface area contributed by atoms with Crippen molar-refractivity contribution >= 4 is 71.0 Å². The molecule has 0 radical (unpaired) electrons. The number of carbonyl (C=O) groups is 6. The fourth-order valence-electron chi connectivity index (χ4n) is 3.51. The van der Waals surface area contributed by atoms with Crippen LogP contribution in [-0.4, -0.2) is 55.7 Å². The van der Waals surface area contributed by atoms with Gasteiger partial charge in [0.2, 0.25) is 5.60 Å². The monoisotopic (exact) mass is 534 g/mol. The Morgan fingerprint density at radius 2 is 1.61 bits per heavy atom. The lowest BCUT2D eigenvalue weighted by Gasteiger charge is -2.34. The summed E-state index contributed by atoms with van der Waals surface area (Å²) in [5, 5.41) is 10.3. The summed E-state index contributed by atoms with van der Waals surface area (Å²) < 4.78 is 5.30. The first-order valence-electron chi connectivity index (χ1n) is 10.1. The zero-order valence-electron chi connectivity index (χ0n) is 19.0. The number of ketones is 1. The third-order valence-electron chi connectivity index (χ3n) is 5.10. The van der Waals surface area contributed by atoms with Crippen LogP contribution in [0.4, 0.5) is 11.4 Å². The molecule has 0 aliphatic carbocycles. The quantitative estimate of drug-likeness (QED) is 0.346. The number of hydrogen-bond donors (Lipinski definition) is 2. The summed E-state index contributed by atoms with van der Waals surface area (Å²) in [6, 6.07) is 10.0. The SMILES string of the molecule is CN1C(=O)[C@@]2(OC=C2C=O)c2cccc(Cl)c21.CO.O=C1Nc2c(Cl)cccc2C1=O.O=CCC=O. The largest absolute Gasteiger partial charge is 0.474 e. The van der Waals surface area contributed by atoms with Crippen LogP contribution in [-0.2, 0) is 34.3 Å². The topological polar surface area (TPSA) is 147 Å². The summed E-state index contributed by atoms with van der Waals surface area (Å²) in [5.41, 5.74) is 1.07. The van der Waals surface area contributed by atoms with Crippen LogP contribution in [0.25, 0.3) is 0 Å². The highest BCUT2D eigenvalue weighted by molar-refractivity contribution is 6.53. The lowest BCUT2D eigenvalue weighted by Crippen LogP contribution is -2.46. The second-order valence-electron chi connectivity index (χ2n) is 7.00. The molecule has 1 spiro atoms. The second kappa shape index (κ2) is 12.2. The molecule has 0 saturated carbocycles. The number of hydrogen-bond acceptors (Lipinski definition) is 8. The van der Waals surface area contributed by atoms with E-state index in [1.807, 2.05) is 0 Å². The maximum absolute atomic E-state index is 12.2. The average Bonchev–Trinajstić information content (AvgIpc) is 3.29. The molecule has 0 unspecified atom stereocenters. The third-order valence-corrected chi connectivity index (χ3v) is 5.72. The van der Waals surface area contributed by atoms with E-state index in [-0.39, 0.29) is 12.3 Å². The summed E-state index contributed by atoms with van der Waals surface area (Å²) in [6.45, 7) is 0. The van der Waals surface area contributed by atoms with E-state index in [2.05, 4.69) is 5.32 Å². The number of anilines is 2. The number of fused-ring (bicyclic) bond motifs is 3. The van der Waals surface area contributed by atoms with E-state index < -0.39 is 17.3 Å². The zero-order valence-corrected chi connectivity index (χ0v) is 20.5. The van der Waals surface area contributed by atoms with Gasteiger partial charge in [0.15, 0.2) is 6.29 Å². The molecule has 2 aromatic rings. The Balaban J connectivity index is 0.000000210. The number of amides is 2. The van der Waals surface area contributed by atoms with Gasteiger partial charge in [-0.2, -0.15) is 0 Å². The Kier molecular flexibility index (Phi) is 9.62. The van der Waals surface area contributed by atoms with Gasteiger partial charge in [0.1, 0.15) is 12.6 Å². The van der Waals surface area contributed by atoms with Gasteiger partial charge in [0.05, 0.1) is 45.2 Å². The molecule has 3 aliphatic rings. The number of aliphatic hydroxyl groups excluding tert-OH is 1. The predicted molar refractivity (Wildman–Crippen MR) is 131 cm³/mol. The molecule has 10 nitrogen and oxygen atoms in total. The van der Waals surface area contributed by atoms with Crippen molar-refractivity contribution in [1.29, 1.82) is 0 Å². The lowest BCUT2D eigenvalue weighted by molar-refractivity contribution is -0.139. The second-order valence-corrected chi connectivity index (χ2v) is 7.82. The van der Waals surface area contributed by atoms with Crippen LogP contribution in [0.5, 0.6) is 0 Å². The van der Waals surface area contributed by atoms with Gasteiger partial charge in [-0.05, 0) is 18.2 Å². The predicted octanol–water partition coefficient (Wildman–Crippen LogP) is 2.48. The van der Waals surface area contributed by atoms with Gasteiger partial charge in [0, 0.05) is 19.7 Å². The highest BCUT2D eigenvalue weighted by Gasteiger charge is 2.59. The first-order chi connectivity index (χ1) is 17.2. The summed E-state index contributed by atoms with van der Waals surface area (Å²) in [4.78, 5) is 64.9. The normalized spacial score (nSPS) is 17.8. The molecule has 0 fully saturated rings. The third kappa shape index (κ3) is 4.92. The smallest absolute Gasteiger partial charge is 0.296 e. The highest BCUT2D eigenvalue weighted by Crippen LogP contribution is 2.52. The molecule has 0 saturated heterocycles. The van der Waals surface area contributed by atoms with E-state index in [4.69, 9.17) is 33.0 Å². The van der Waals surface area contributed by atoms with Crippen LogP contribution in [0.15, 0.2) is 48.2 Å². The maximum atomic E-state index is 12.2. The number of likely N-dealkylation sites (N-methyl/N-ethyl adjacent to an activating group) is 1. The van der Waals surface area contributed by atoms with E-state index in [9.17, 15) is 28.8 Å². The van der Waals surface area contributed by atoms with E-state index in [0.717, 1.165) is 7.11 Å². The zero-order chi connectivity index (χ0) is 27.0. The molecule has 36 heavy (non-hydrogen) atoms. The van der Waals surface area contributed by atoms with Crippen molar-refractivity contribution < 1.29 is 38.6 Å². The van der Waals surface area contributed by atoms with Crippen LogP contribution < -0.4 is 10.2 Å². The van der Waals surface area contributed by atoms with Crippen LogP contribution in [0.3, 0.4) is 0 Å². The van der Waals surface area contributed by atoms with Crippen LogP contribution >= 0.6 is 23.2 Å². The Hall–Kier alpha value is -3.86. The first kappa shape index (κ1) is 28.4. The Morgan fingerprint density at radius 1 is 1.00 bits per heavy atom. The number of para-hydroxylation sites is 2. The molecule has 3 heterocycles. The summed E-state index contributed by atoms with van der Waals surface area (Å²) >= 11 is 11.8. The van der Waals surface area contributed by atoms with Crippen molar-refractivity contribution in [1.82, 2.24) is 0 Å². The number of carbonyl (C=O) groups excluding carboxylic acids is 6. The number of Topliss-reactive ketones (excluding diaryl/α,β-unsaturated/α-hetero) is 1. The summed E-state index contributed by atoms with van der Waals surface area (Å²) in [7, 11) is 2.62. The minimum atomic E-state index is -1.27. The molecule has 0 bridgehead atoms. The van der Waals surface area contributed by atoms with Gasteiger partial charge in [-0.25, -0.2) is 0 Å². The van der Waals surface area contributed by atoms with Gasteiger partial charge in [-0.1, -0.05) is 41.4 Å². The molecule has 1 atom stereocenters. The van der Waals surface area contributed by atoms with Crippen molar-refractivity contribution in [3.63, 3.8) is 0 Å². The first-order valence-corrected chi connectivity index (χ1v) is 10.9. The number of benzene rings is 2. The molecule has 2 aromatic carbocycles. The minimum Gasteiger partial charge on any atom is -0.474 e. The Labute approximate surface area is 215 Å². The van der Waals surface area contributed by atoms with Gasteiger partial charge in [-0.3, -0.25) is 19.2 Å². The van der Waals surface area contributed by atoms with Crippen molar-refractivity contribution in [3.8, 4) is 0 Å². The van der Waals surface area contributed by atoms with E-state index in [1.54, 1.807) is 43.4 Å². The average molecular weight is 535 g/mol. The van der Waals surface area contributed by atoms with E-state index >= 15 is 0 Å². The Morgan fingerprint density at radius 3 is 2.11 bits per heavy atom. The summed E-state index contributed by atoms with van der Waals surface area (Å²) in [5.74, 6) is -1.42. The van der Waals surface area contributed by atoms with Crippen molar-refractivity contribution in [2.45, 2.75) is 12.0 Å². The molecule has 2 amide bonds. The van der Waals surface area contributed by atoms with Gasteiger partial charge in [-0.15, -0.1) is 0 Å². The van der Waals surface area contributed by atoms with Crippen LogP contribution in [0.1, 0.15) is 22.3 Å². The molecule has 5 rings (SSSR count). The Bertz CT molecular complexity index is 1250. The van der Waals surface area contributed by atoms with Crippen LogP contribution in [0.2, 0.25) is 10.0 Å². The number of ether oxygens (including phenoxy) is 1. The van der Waals surface area contributed by atoms with Gasteiger partial charge in [0.25, 0.3) is 17.6 Å². The minimum absolute atomic E-state index is 0.0278. The van der Waals surface area contributed by atoms with E-state index in [0.29, 0.717) is 57.0 Å². The highest BCUT2D eigenvalue weighted by atomic mass is 35.5. The molecule has 2 N–H and O–H groups in total.